The molecule has 7 heteroatoms. The summed E-state index contributed by atoms with van der Waals surface area (Å²) in [7, 11) is 0. The summed E-state index contributed by atoms with van der Waals surface area (Å²) < 4.78 is 5.48. The first-order chi connectivity index (χ1) is 10.3. The molecule has 2 unspecified atom stereocenters. The first-order valence-electron chi connectivity index (χ1n) is 7.59. The van der Waals surface area contributed by atoms with Gasteiger partial charge in [-0.05, 0) is 45.7 Å². The van der Waals surface area contributed by atoms with Gasteiger partial charge in [-0.1, -0.05) is 11.6 Å². The monoisotopic (exact) mass is 324 g/mol. The number of hydrogen-bond acceptors (Lipinski definition) is 5. The third kappa shape index (κ3) is 3.11. The van der Waals surface area contributed by atoms with Crippen LogP contribution in [0, 0.1) is 0 Å². The zero-order chi connectivity index (χ0) is 15.9. The molecule has 3 rings (SSSR count). The van der Waals surface area contributed by atoms with Gasteiger partial charge in [0.25, 0.3) is 0 Å². The van der Waals surface area contributed by atoms with Crippen LogP contribution in [0.15, 0.2) is 12.1 Å². The van der Waals surface area contributed by atoms with Crippen LogP contribution in [0.2, 0.25) is 5.15 Å². The van der Waals surface area contributed by atoms with Gasteiger partial charge in [-0.3, -0.25) is 0 Å². The van der Waals surface area contributed by atoms with Gasteiger partial charge in [0.15, 0.2) is 11.0 Å². The van der Waals surface area contributed by atoms with Gasteiger partial charge in [0.2, 0.25) is 0 Å². The number of amides is 1. The number of halogens is 1. The molecule has 120 valence electrons. The van der Waals surface area contributed by atoms with Crippen LogP contribution in [0.1, 0.15) is 33.6 Å². The fraction of sp³-hybridized carbons (Fsp3) is 0.667. The van der Waals surface area contributed by atoms with Crippen molar-refractivity contribution < 1.29 is 9.53 Å². The molecule has 2 atom stereocenters. The van der Waals surface area contributed by atoms with Crippen LogP contribution in [0.25, 0.3) is 0 Å². The predicted molar refractivity (Wildman–Crippen MR) is 84.1 cm³/mol. The fourth-order valence-corrected chi connectivity index (χ4v) is 3.30. The molecular weight excluding hydrogens is 304 g/mol. The minimum atomic E-state index is -0.463. The topological polar surface area (TPSA) is 58.6 Å². The van der Waals surface area contributed by atoms with Crippen LogP contribution in [-0.4, -0.2) is 52.0 Å². The van der Waals surface area contributed by atoms with Crippen molar-refractivity contribution in [3.63, 3.8) is 0 Å². The average Bonchev–Trinajstić information content (AvgIpc) is 2.68. The highest BCUT2D eigenvalue weighted by Crippen LogP contribution is 2.34. The molecule has 0 aromatic carbocycles. The number of ether oxygens (including phenoxy) is 1. The number of carbonyl (C=O) groups is 1. The van der Waals surface area contributed by atoms with E-state index in [1.54, 1.807) is 6.07 Å². The fourth-order valence-electron chi connectivity index (χ4n) is 3.20. The second-order valence-electron chi connectivity index (χ2n) is 6.89. The molecule has 0 radical (unpaired) electrons. The minimum absolute atomic E-state index is 0.230. The predicted octanol–water partition coefficient (Wildman–Crippen LogP) is 2.72. The lowest BCUT2D eigenvalue weighted by Crippen LogP contribution is -2.56. The van der Waals surface area contributed by atoms with Gasteiger partial charge in [0, 0.05) is 25.2 Å². The van der Waals surface area contributed by atoms with Crippen molar-refractivity contribution in [1.29, 1.82) is 0 Å². The van der Waals surface area contributed by atoms with Crippen LogP contribution in [0.5, 0.6) is 0 Å². The molecule has 2 bridgehead atoms. The largest absolute Gasteiger partial charge is 0.444 e. The number of hydrogen-bond donors (Lipinski definition) is 0. The average molecular weight is 325 g/mol. The number of likely N-dealkylation sites (tertiary alicyclic amines) is 1. The Morgan fingerprint density at radius 2 is 1.86 bits per heavy atom. The van der Waals surface area contributed by atoms with Crippen molar-refractivity contribution in [2.75, 3.05) is 18.0 Å². The molecule has 2 fully saturated rings. The van der Waals surface area contributed by atoms with E-state index in [4.69, 9.17) is 16.3 Å². The van der Waals surface area contributed by atoms with E-state index in [9.17, 15) is 4.79 Å². The van der Waals surface area contributed by atoms with Gasteiger partial charge in [-0.25, -0.2) is 4.79 Å². The normalized spacial score (nSPS) is 24.5. The lowest BCUT2D eigenvalue weighted by molar-refractivity contribution is 0.0209. The molecule has 2 saturated heterocycles. The number of aromatic nitrogens is 2. The van der Waals surface area contributed by atoms with Crippen LogP contribution in [0.3, 0.4) is 0 Å². The molecule has 6 nitrogen and oxygen atoms in total. The summed E-state index contributed by atoms with van der Waals surface area (Å²) in [6, 6.07) is 4.18. The summed E-state index contributed by atoms with van der Waals surface area (Å²) in [6.07, 6.45) is 1.87. The third-order valence-electron chi connectivity index (χ3n) is 4.02. The first-order valence-corrected chi connectivity index (χ1v) is 7.97. The zero-order valence-corrected chi connectivity index (χ0v) is 13.9. The number of rotatable bonds is 1. The molecule has 0 saturated carbocycles. The van der Waals surface area contributed by atoms with E-state index in [1.807, 2.05) is 31.7 Å². The molecule has 2 aliphatic heterocycles. The zero-order valence-electron chi connectivity index (χ0n) is 13.1. The molecule has 1 amide bonds. The van der Waals surface area contributed by atoms with Gasteiger partial charge >= 0.3 is 6.09 Å². The van der Waals surface area contributed by atoms with Gasteiger partial charge < -0.3 is 14.5 Å². The number of anilines is 1. The number of fused-ring (bicyclic) bond motifs is 2. The molecule has 0 aliphatic carbocycles. The van der Waals surface area contributed by atoms with E-state index < -0.39 is 5.60 Å². The van der Waals surface area contributed by atoms with Gasteiger partial charge in [0.05, 0.1) is 0 Å². The molecule has 1 aromatic heterocycles. The van der Waals surface area contributed by atoms with Crippen molar-refractivity contribution in [3.8, 4) is 0 Å². The van der Waals surface area contributed by atoms with Crippen molar-refractivity contribution in [1.82, 2.24) is 15.1 Å². The Morgan fingerprint density at radius 1 is 1.23 bits per heavy atom. The maximum atomic E-state index is 12.3. The third-order valence-corrected chi connectivity index (χ3v) is 4.22. The van der Waals surface area contributed by atoms with Crippen LogP contribution >= 0.6 is 11.6 Å². The Hall–Kier alpha value is -1.56. The van der Waals surface area contributed by atoms with Crippen molar-refractivity contribution >= 4 is 23.5 Å². The summed E-state index contributed by atoms with van der Waals surface area (Å²) in [5, 5.41) is 8.50. The van der Waals surface area contributed by atoms with Crippen molar-refractivity contribution in [2.24, 2.45) is 0 Å². The highest BCUT2D eigenvalue weighted by Gasteiger charge is 2.43. The number of piperazine rings is 1. The maximum absolute atomic E-state index is 12.3. The van der Waals surface area contributed by atoms with Gasteiger partial charge in [-0.15, -0.1) is 10.2 Å². The number of carbonyl (C=O) groups excluding carboxylic acids is 1. The minimum Gasteiger partial charge on any atom is -0.444 e. The molecule has 2 aliphatic rings. The maximum Gasteiger partial charge on any atom is 0.410 e. The summed E-state index contributed by atoms with van der Waals surface area (Å²) in [4.78, 5) is 16.3. The Bertz CT molecular complexity index is 544. The van der Waals surface area contributed by atoms with E-state index in [2.05, 4.69) is 15.1 Å². The highest BCUT2D eigenvalue weighted by atomic mass is 35.5. The van der Waals surface area contributed by atoms with Gasteiger partial charge in [-0.2, -0.15) is 0 Å². The van der Waals surface area contributed by atoms with E-state index in [0.29, 0.717) is 18.2 Å². The summed E-state index contributed by atoms with van der Waals surface area (Å²) in [5.74, 6) is 0.834. The lowest BCUT2D eigenvalue weighted by atomic mass is 10.2. The summed E-state index contributed by atoms with van der Waals surface area (Å²) in [5.41, 5.74) is -0.463. The van der Waals surface area contributed by atoms with Crippen LogP contribution in [0.4, 0.5) is 10.6 Å². The highest BCUT2D eigenvalue weighted by molar-refractivity contribution is 6.29. The molecular formula is C15H21ClN4O2. The first kappa shape index (κ1) is 15.3. The standard InChI is InChI=1S/C15H21ClN4O2/c1-15(2,3)22-14(21)19-8-10-4-5-11(9-19)20(10)13-7-6-12(16)17-18-13/h6-7,10-11H,4-5,8-9H2,1-3H3. The van der Waals surface area contributed by atoms with E-state index in [1.165, 1.54) is 0 Å². The second kappa shape index (κ2) is 5.57. The van der Waals surface area contributed by atoms with Crippen molar-refractivity contribution in [3.05, 3.63) is 17.3 Å². The van der Waals surface area contributed by atoms with E-state index in [-0.39, 0.29) is 18.2 Å². The Balaban J connectivity index is 1.71. The Labute approximate surface area is 135 Å². The van der Waals surface area contributed by atoms with Crippen LogP contribution < -0.4 is 4.90 Å². The smallest absolute Gasteiger partial charge is 0.410 e. The van der Waals surface area contributed by atoms with E-state index >= 15 is 0 Å². The molecule has 1 aromatic rings. The molecule has 3 heterocycles. The Morgan fingerprint density at radius 3 is 2.36 bits per heavy atom. The molecule has 22 heavy (non-hydrogen) atoms. The summed E-state index contributed by atoms with van der Waals surface area (Å²) >= 11 is 5.80. The molecule has 0 spiro atoms. The molecule has 0 N–H and O–H groups in total. The van der Waals surface area contributed by atoms with E-state index in [0.717, 1.165) is 18.7 Å². The quantitative estimate of drug-likeness (QED) is 0.795. The summed E-state index contributed by atoms with van der Waals surface area (Å²) in [6.45, 7) is 6.99. The second-order valence-corrected chi connectivity index (χ2v) is 7.28. The van der Waals surface area contributed by atoms with Gasteiger partial charge in [0.1, 0.15) is 5.60 Å². The Kier molecular flexibility index (Phi) is 3.89. The number of nitrogens with zero attached hydrogens (tertiary/aromatic N) is 4. The SMILES string of the molecule is CC(C)(C)OC(=O)N1CC2CCC(C1)N2c1ccc(Cl)nn1. The van der Waals surface area contributed by atoms with Crippen LogP contribution in [-0.2, 0) is 4.74 Å². The van der Waals surface area contributed by atoms with Crippen molar-refractivity contribution in [2.45, 2.75) is 51.3 Å². The lowest BCUT2D eigenvalue weighted by Gasteiger charge is -2.41.